The number of amides is 1. The fourth-order valence-corrected chi connectivity index (χ4v) is 2.79. The Bertz CT molecular complexity index is 902. The zero-order valence-corrected chi connectivity index (χ0v) is 15.3. The third-order valence-electron chi connectivity index (χ3n) is 3.92. The van der Waals surface area contributed by atoms with Crippen LogP contribution in [-0.4, -0.2) is 25.5 Å². The molecule has 1 aromatic carbocycles. The van der Waals surface area contributed by atoms with E-state index < -0.39 is 6.04 Å². The van der Waals surface area contributed by atoms with Gasteiger partial charge in [-0.25, -0.2) is 0 Å². The van der Waals surface area contributed by atoms with Crippen molar-refractivity contribution in [3.05, 3.63) is 64.2 Å². The van der Waals surface area contributed by atoms with Crippen LogP contribution >= 0.6 is 23.2 Å². The molecule has 6 nitrogen and oxygen atoms in total. The fourth-order valence-electron chi connectivity index (χ4n) is 2.47. The average molecular weight is 378 g/mol. The third-order valence-corrected chi connectivity index (χ3v) is 4.66. The zero-order valence-electron chi connectivity index (χ0n) is 13.8. The highest BCUT2D eigenvalue weighted by Gasteiger charge is 2.19. The number of hydrogen-bond acceptors (Lipinski definition) is 3. The summed E-state index contributed by atoms with van der Waals surface area (Å²) in [6.07, 6.45) is 4.89. The molecule has 0 aliphatic carbocycles. The first-order chi connectivity index (χ1) is 12.0. The highest BCUT2D eigenvalue weighted by molar-refractivity contribution is 6.31. The molecule has 1 atom stereocenters. The predicted octanol–water partition coefficient (Wildman–Crippen LogP) is 3.94. The van der Waals surface area contributed by atoms with Crippen molar-refractivity contribution >= 4 is 34.8 Å². The Labute approximate surface area is 155 Å². The number of carbonyl (C=O) groups is 1. The number of nitrogens with zero attached hydrogens (tertiary/aromatic N) is 4. The minimum atomic E-state index is -0.487. The molecule has 3 rings (SSSR count). The van der Waals surface area contributed by atoms with E-state index in [-0.39, 0.29) is 5.91 Å². The van der Waals surface area contributed by atoms with Crippen molar-refractivity contribution in [1.29, 1.82) is 0 Å². The van der Waals surface area contributed by atoms with Gasteiger partial charge in [0.25, 0.3) is 0 Å². The summed E-state index contributed by atoms with van der Waals surface area (Å²) in [5, 5.41) is 12.5. The number of rotatable bonds is 5. The van der Waals surface area contributed by atoms with E-state index in [4.69, 9.17) is 23.2 Å². The van der Waals surface area contributed by atoms with Gasteiger partial charge < -0.3 is 5.32 Å². The first kappa shape index (κ1) is 17.5. The molecule has 2 heterocycles. The van der Waals surface area contributed by atoms with Gasteiger partial charge in [-0.05, 0) is 25.5 Å². The summed E-state index contributed by atoms with van der Waals surface area (Å²) >= 11 is 12.2. The van der Waals surface area contributed by atoms with E-state index in [0.717, 1.165) is 11.3 Å². The molecule has 3 aromatic rings. The van der Waals surface area contributed by atoms with E-state index in [9.17, 15) is 4.79 Å². The molecule has 0 saturated carbocycles. The lowest BCUT2D eigenvalue weighted by Gasteiger charge is -2.13. The fraction of sp³-hybridized carbons (Fsp3) is 0.235. The van der Waals surface area contributed by atoms with Crippen LogP contribution < -0.4 is 5.32 Å². The Kier molecular flexibility index (Phi) is 5.11. The molecule has 0 bridgehead atoms. The van der Waals surface area contributed by atoms with Crippen LogP contribution in [0.2, 0.25) is 10.0 Å². The Morgan fingerprint density at radius 3 is 2.64 bits per heavy atom. The standard InChI is InChI=1S/C17H17Cl2N5O/c1-11-16(19)8-21-24(11)12(2)17(25)22-14-7-20-23(10-14)9-13-5-3-4-6-15(13)18/h3-8,10,12H,9H2,1-2H3,(H,22,25). The van der Waals surface area contributed by atoms with Crippen molar-refractivity contribution in [2.24, 2.45) is 0 Å². The molecule has 1 unspecified atom stereocenters. The summed E-state index contributed by atoms with van der Waals surface area (Å²) in [6.45, 7) is 4.11. The van der Waals surface area contributed by atoms with Crippen molar-refractivity contribution in [3.8, 4) is 0 Å². The number of nitrogens with one attached hydrogen (secondary N) is 1. The first-order valence-electron chi connectivity index (χ1n) is 7.72. The second kappa shape index (κ2) is 7.29. The van der Waals surface area contributed by atoms with Gasteiger partial charge in [-0.2, -0.15) is 10.2 Å². The van der Waals surface area contributed by atoms with Crippen molar-refractivity contribution in [3.63, 3.8) is 0 Å². The summed E-state index contributed by atoms with van der Waals surface area (Å²) in [7, 11) is 0. The maximum atomic E-state index is 12.4. The Morgan fingerprint density at radius 2 is 1.96 bits per heavy atom. The van der Waals surface area contributed by atoms with Gasteiger partial charge >= 0.3 is 0 Å². The number of carbonyl (C=O) groups excluding carboxylic acids is 1. The SMILES string of the molecule is Cc1c(Cl)cnn1C(C)C(=O)Nc1cnn(Cc2ccccc2Cl)c1. The molecule has 130 valence electrons. The minimum absolute atomic E-state index is 0.194. The van der Waals surface area contributed by atoms with E-state index >= 15 is 0 Å². The van der Waals surface area contributed by atoms with E-state index in [1.54, 1.807) is 28.7 Å². The molecular weight excluding hydrogens is 361 g/mol. The summed E-state index contributed by atoms with van der Waals surface area (Å²) in [5.74, 6) is -0.194. The highest BCUT2D eigenvalue weighted by Crippen LogP contribution is 2.20. The number of aromatic nitrogens is 4. The molecule has 1 N–H and O–H groups in total. The molecule has 2 aromatic heterocycles. The first-order valence-corrected chi connectivity index (χ1v) is 8.47. The van der Waals surface area contributed by atoms with E-state index in [2.05, 4.69) is 15.5 Å². The van der Waals surface area contributed by atoms with Gasteiger partial charge in [0.05, 0.1) is 35.3 Å². The van der Waals surface area contributed by atoms with Crippen LogP contribution in [0.1, 0.15) is 24.2 Å². The summed E-state index contributed by atoms with van der Waals surface area (Å²) in [6, 6.07) is 7.09. The van der Waals surface area contributed by atoms with Crippen molar-refractivity contribution in [2.75, 3.05) is 5.32 Å². The van der Waals surface area contributed by atoms with Gasteiger partial charge in [0, 0.05) is 11.2 Å². The molecule has 0 saturated heterocycles. The van der Waals surface area contributed by atoms with E-state index in [0.29, 0.717) is 22.3 Å². The summed E-state index contributed by atoms with van der Waals surface area (Å²) < 4.78 is 3.31. The lowest BCUT2D eigenvalue weighted by atomic mass is 10.2. The maximum absolute atomic E-state index is 12.4. The monoisotopic (exact) mass is 377 g/mol. The number of anilines is 1. The normalized spacial score (nSPS) is 12.2. The molecule has 8 heteroatoms. The Morgan fingerprint density at radius 1 is 1.20 bits per heavy atom. The van der Waals surface area contributed by atoms with Crippen LogP contribution in [0.15, 0.2) is 42.9 Å². The highest BCUT2D eigenvalue weighted by atomic mass is 35.5. The number of halogens is 2. The van der Waals surface area contributed by atoms with Gasteiger partial charge in [0.2, 0.25) is 5.91 Å². The second-order valence-corrected chi connectivity index (χ2v) is 6.52. The Hall–Kier alpha value is -2.31. The third kappa shape index (κ3) is 3.86. The van der Waals surface area contributed by atoms with Crippen LogP contribution in [0.3, 0.4) is 0 Å². The topological polar surface area (TPSA) is 64.7 Å². The molecule has 1 amide bonds. The average Bonchev–Trinajstić information content (AvgIpc) is 3.16. The quantitative estimate of drug-likeness (QED) is 0.731. The molecule has 0 aliphatic heterocycles. The molecule has 25 heavy (non-hydrogen) atoms. The molecule has 0 fully saturated rings. The van der Waals surface area contributed by atoms with Crippen LogP contribution in [0.4, 0.5) is 5.69 Å². The smallest absolute Gasteiger partial charge is 0.249 e. The number of benzene rings is 1. The lowest BCUT2D eigenvalue weighted by molar-refractivity contribution is -0.119. The van der Waals surface area contributed by atoms with Crippen LogP contribution in [0.25, 0.3) is 0 Å². The van der Waals surface area contributed by atoms with E-state index in [1.165, 1.54) is 6.20 Å². The number of hydrogen-bond donors (Lipinski definition) is 1. The van der Waals surface area contributed by atoms with Gasteiger partial charge in [0.15, 0.2) is 0 Å². The van der Waals surface area contributed by atoms with Crippen LogP contribution in [0.5, 0.6) is 0 Å². The second-order valence-electron chi connectivity index (χ2n) is 5.71. The minimum Gasteiger partial charge on any atom is -0.322 e. The Balaban J connectivity index is 1.68. The summed E-state index contributed by atoms with van der Waals surface area (Å²) in [4.78, 5) is 12.4. The van der Waals surface area contributed by atoms with Crippen molar-refractivity contribution < 1.29 is 4.79 Å². The maximum Gasteiger partial charge on any atom is 0.249 e. The predicted molar refractivity (Wildman–Crippen MR) is 98.1 cm³/mol. The van der Waals surface area contributed by atoms with Gasteiger partial charge in [-0.1, -0.05) is 41.4 Å². The van der Waals surface area contributed by atoms with Crippen molar-refractivity contribution in [1.82, 2.24) is 19.6 Å². The molecule has 0 spiro atoms. The summed E-state index contributed by atoms with van der Waals surface area (Å²) in [5.41, 5.74) is 2.32. The van der Waals surface area contributed by atoms with E-state index in [1.807, 2.05) is 31.2 Å². The molecule has 0 radical (unpaired) electrons. The van der Waals surface area contributed by atoms with Crippen LogP contribution in [0, 0.1) is 6.92 Å². The van der Waals surface area contributed by atoms with Crippen molar-refractivity contribution in [2.45, 2.75) is 26.4 Å². The lowest BCUT2D eigenvalue weighted by Crippen LogP contribution is -2.25. The largest absolute Gasteiger partial charge is 0.322 e. The van der Waals surface area contributed by atoms with Gasteiger partial charge in [-0.3, -0.25) is 14.2 Å². The molecule has 0 aliphatic rings. The van der Waals surface area contributed by atoms with Gasteiger partial charge in [0.1, 0.15) is 6.04 Å². The van der Waals surface area contributed by atoms with Crippen LogP contribution in [-0.2, 0) is 11.3 Å². The van der Waals surface area contributed by atoms with Gasteiger partial charge in [-0.15, -0.1) is 0 Å². The zero-order chi connectivity index (χ0) is 18.0. The molecular formula is C17H17Cl2N5O.